The highest BCUT2D eigenvalue weighted by atomic mass is 16.5. The van der Waals surface area contributed by atoms with Crippen molar-refractivity contribution >= 4 is 11.9 Å². The molecule has 0 spiro atoms. The van der Waals surface area contributed by atoms with E-state index in [0.717, 1.165) is 25.9 Å². The van der Waals surface area contributed by atoms with Crippen LogP contribution in [0.2, 0.25) is 0 Å². The molecule has 1 fully saturated rings. The number of nitrogens with one attached hydrogen (secondary N) is 2. The van der Waals surface area contributed by atoms with E-state index < -0.39 is 6.04 Å². The standard InChI is InChI=1S/C14H27N3O3/c1-5-10(2)13(14(19)20-4)16-12(18)9-17-7-6-11(8-17)15-3/h10-11,13,15H,5-9H2,1-4H3,(H,16,18). The minimum absolute atomic E-state index is 0.0648. The van der Waals surface area contributed by atoms with E-state index in [4.69, 9.17) is 4.74 Å². The molecule has 116 valence electrons. The monoisotopic (exact) mass is 285 g/mol. The summed E-state index contributed by atoms with van der Waals surface area (Å²) in [5.41, 5.74) is 0. The molecule has 0 bridgehead atoms. The number of hydrogen-bond donors (Lipinski definition) is 2. The van der Waals surface area contributed by atoms with Crippen molar-refractivity contribution in [1.29, 1.82) is 0 Å². The van der Waals surface area contributed by atoms with Crippen LogP contribution < -0.4 is 10.6 Å². The lowest BCUT2D eigenvalue weighted by Crippen LogP contribution is -2.49. The topological polar surface area (TPSA) is 70.7 Å². The van der Waals surface area contributed by atoms with Gasteiger partial charge < -0.3 is 15.4 Å². The Kier molecular flexibility index (Phi) is 6.95. The van der Waals surface area contributed by atoms with Crippen molar-refractivity contribution in [2.45, 2.75) is 38.8 Å². The fourth-order valence-electron chi connectivity index (χ4n) is 2.43. The van der Waals surface area contributed by atoms with Crippen LogP contribution in [-0.4, -0.2) is 62.7 Å². The fraction of sp³-hybridized carbons (Fsp3) is 0.857. The summed E-state index contributed by atoms with van der Waals surface area (Å²) in [5, 5.41) is 6.02. The Bertz CT molecular complexity index is 336. The number of rotatable bonds is 7. The van der Waals surface area contributed by atoms with E-state index in [1.807, 2.05) is 20.9 Å². The minimum Gasteiger partial charge on any atom is -0.467 e. The zero-order valence-corrected chi connectivity index (χ0v) is 12.9. The molecular weight excluding hydrogens is 258 g/mol. The summed E-state index contributed by atoms with van der Waals surface area (Å²) in [5.74, 6) is -0.422. The maximum absolute atomic E-state index is 12.1. The molecule has 6 heteroatoms. The van der Waals surface area contributed by atoms with Crippen LogP contribution in [0.3, 0.4) is 0 Å². The highest BCUT2D eigenvalue weighted by molar-refractivity contribution is 5.85. The van der Waals surface area contributed by atoms with Crippen molar-refractivity contribution in [2.24, 2.45) is 5.92 Å². The number of nitrogens with zero attached hydrogens (tertiary/aromatic N) is 1. The first-order valence-corrected chi connectivity index (χ1v) is 7.28. The highest BCUT2D eigenvalue weighted by Gasteiger charge is 2.28. The maximum atomic E-state index is 12.1. The van der Waals surface area contributed by atoms with Crippen molar-refractivity contribution in [3.63, 3.8) is 0 Å². The van der Waals surface area contributed by atoms with Gasteiger partial charge in [0.15, 0.2) is 0 Å². The lowest BCUT2D eigenvalue weighted by Gasteiger charge is -2.23. The van der Waals surface area contributed by atoms with Crippen LogP contribution in [0.5, 0.6) is 0 Å². The Labute approximate surface area is 121 Å². The number of methoxy groups -OCH3 is 1. The summed E-state index contributed by atoms with van der Waals surface area (Å²) in [7, 11) is 3.28. The fourth-order valence-corrected chi connectivity index (χ4v) is 2.43. The minimum atomic E-state index is -0.555. The van der Waals surface area contributed by atoms with Gasteiger partial charge in [-0.05, 0) is 19.4 Å². The van der Waals surface area contributed by atoms with E-state index in [0.29, 0.717) is 12.6 Å². The summed E-state index contributed by atoms with van der Waals surface area (Å²) < 4.78 is 4.76. The van der Waals surface area contributed by atoms with Crippen LogP contribution in [-0.2, 0) is 14.3 Å². The van der Waals surface area contributed by atoms with E-state index >= 15 is 0 Å². The van der Waals surface area contributed by atoms with Crippen molar-refractivity contribution in [1.82, 2.24) is 15.5 Å². The molecule has 1 rings (SSSR count). The summed E-state index contributed by atoms with van der Waals surface area (Å²) >= 11 is 0. The summed E-state index contributed by atoms with van der Waals surface area (Å²) in [6, 6.07) is -0.103. The number of esters is 1. The molecule has 1 aliphatic rings. The second-order valence-corrected chi connectivity index (χ2v) is 5.46. The molecule has 2 N–H and O–H groups in total. The van der Waals surface area contributed by atoms with Crippen LogP contribution >= 0.6 is 0 Å². The maximum Gasteiger partial charge on any atom is 0.328 e. The van der Waals surface area contributed by atoms with Crippen molar-refractivity contribution in [3.8, 4) is 0 Å². The predicted octanol–water partition coefficient (Wildman–Crippen LogP) is -0.0160. The Balaban J connectivity index is 2.48. The van der Waals surface area contributed by atoms with Gasteiger partial charge in [-0.25, -0.2) is 4.79 Å². The Morgan fingerprint density at radius 2 is 2.15 bits per heavy atom. The number of amides is 1. The van der Waals surface area contributed by atoms with E-state index in [1.54, 1.807) is 0 Å². The molecule has 0 aromatic rings. The van der Waals surface area contributed by atoms with E-state index in [-0.39, 0.29) is 17.8 Å². The molecule has 1 saturated heterocycles. The van der Waals surface area contributed by atoms with Crippen molar-refractivity contribution in [2.75, 3.05) is 33.8 Å². The van der Waals surface area contributed by atoms with Gasteiger partial charge in [-0.15, -0.1) is 0 Å². The van der Waals surface area contributed by atoms with Gasteiger partial charge in [0, 0.05) is 19.1 Å². The third-order valence-electron chi connectivity index (χ3n) is 4.03. The average molecular weight is 285 g/mol. The molecule has 1 amide bonds. The van der Waals surface area contributed by atoms with Crippen LogP contribution in [0.4, 0.5) is 0 Å². The molecule has 1 aliphatic heterocycles. The Morgan fingerprint density at radius 1 is 1.45 bits per heavy atom. The molecule has 0 aromatic carbocycles. The number of likely N-dealkylation sites (tertiary alicyclic amines) is 1. The molecule has 3 unspecified atom stereocenters. The second kappa shape index (κ2) is 8.21. The quantitative estimate of drug-likeness (QED) is 0.644. The van der Waals surface area contributed by atoms with Gasteiger partial charge in [-0.1, -0.05) is 20.3 Å². The summed E-state index contributed by atoms with van der Waals surface area (Å²) in [6.45, 7) is 6.04. The van der Waals surface area contributed by atoms with Gasteiger partial charge in [0.05, 0.1) is 13.7 Å². The average Bonchev–Trinajstić information content (AvgIpc) is 2.90. The first-order valence-electron chi connectivity index (χ1n) is 7.28. The lowest BCUT2D eigenvalue weighted by atomic mass is 9.99. The molecule has 3 atom stereocenters. The zero-order chi connectivity index (χ0) is 15.1. The zero-order valence-electron chi connectivity index (χ0n) is 12.9. The largest absolute Gasteiger partial charge is 0.467 e. The normalized spacial score (nSPS) is 22.3. The van der Waals surface area contributed by atoms with Crippen molar-refractivity contribution < 1.29 is 14.3 Å². The van der Waals surface area contributed by atoms with Gasteiger partial charge in [-0.2, -0.15) is 0 Å². The van der Waals surface area contributed by atoms with Gasteiger partial charge in [-0.3, -0.25) is 9.69 Å². The van der Waals surface area contributed by atoms with Gasteiger partial charge in [0.2, 0.25) is 5.91 Å². The SMILES string of the molecule is CCC(C)C(NC(=O)CN1CCC(NC)C1)C(=O)OC. The van der Waals surface area contributed by atoms with Crippen LogP contribution in [0, 0.1) is 5.92 Å². The first kappa shape index (κ1) is 16.9. The number of ether oxygens (including phenoxy) is 1. The first-order chi connectivity index (χ1) is 9.51. The molecule has 0 radical (unpaired) electrons. The van der Waals surface area contributed by atoms with Gasteiger partial charge in [0.25, 0.3) is 0 Å². The highest BCUT2D eigenvalue weighted by Crippen LogP contribution is 2.11. The molecule has 0 aromatic heterocycles. The Morgan fingerprint density at radius 3 is 2.65 bits per heavy atom. The molecule has 1 heterocycles. The van der Waals surface area contributed by atoms with E-state index in [9.17, 15) is 9.59 Å². The Hall–Kier alpha value is -1.14. The molecule has 6 nitrogen and oxygen atoms in total. The summed E-state index contributed by atoms with van der Waals surface area (Å²) in [4.78, 5) is 25.9. The third kappa shape index (κ3) is 4.76. The number of carbonyl (C=O) groups excluding carboxylic acids is 2. The van der Waals surface area contributed by atoms with Crippen molar-refractivity contribution in [3.05, 3.63) is 0 Å². The molecule has 20 heavy (non-hydrogen) atoms. The lowest BCUT2D eigenvalue weighted by molar-refractivity contribution is -0.146. The predicted molar refractivity (Wildman–Crippen MR) is 77.3 cm³/mol. The smallest absolute Gasteiger partial charge is 0.328 e. The molecular formula is C14H27N3O3. The number of carbonyl (C=O) groups is 2. The summed E-state index contributed by atoms with van der Waals surface area (Å²) in [6.07, 6.45) is 1.86. The van der Waals surface area contributed by atoms with Gasteiger partial charge in [0.1, 0.15) is 6.04 Å². The number of hydrogen-bond acceptors (Lipinski definition) is 5. The van der Waals surface area contributed by atoms with Crippen LogP contribution in [0.15, 0.2) is 0 Å². The number of likely N-dealkylation sites (N-methyl/N-ethyl adjacent to an activating group) is 1. The van der Waals surface area contributed by atoms with Crippen LogP contribution in [0.1, 0.15) is 26.7 Å². The van der Waals surface area contributed by atoms with Crippen LogP contribution in [0.25, 0.3) is 0 Å². The molecule has 0 aliphatic carbocycles. The van der Waals surface area contributed by atoms with E-state index in [2.05, 4.69) is 15.5 Å². The third-order valence-corrected chi connectivity index (χ3v) is 4.03. The molecule has 0 saturated carbocycles. The van der Waals surface area contributed by atoms with E-state index in [1.165, 1.54) is 7.11 Å². The second-order valence-electron chi connectivity index (χ2n) is 5.46. The van der Waals surface area contributed by atoms with Gasteiger partial charge >= 0.3 is 5.97 Å².